The van der Waals surface area contributed by atoms with E-state index >= 15 is 0 Å². The van der Waals surface area contributed by atoms with Gasteiger partial charge in [-0.2, -0.15) is 0 Å². The van der Waals surface area contributed by atoms with Crippen LogP contribution in [0.4, 0.5) is 10.5 Å². The molecule has 0 unspecified atom stereocenters. The molecule has 1 amide bonds. The summed E-state index contributed by atoms with van der Waals surface area (Å²) in [4.78, 5) is 26.0. The van der Waals surface area contributed by atoms with Gasteiger partial charge >= 0.3 is 6.16 Å². The molecule has 0 saturated heterocycles. The Bertz CT molecular complexity index is 855. The van der Waals surface area contributed by atoms with Crippen molar-refractivity contribution in [2.24, 2.45) is 5.73 Å². The molecule has 0 aliphatic carbocycles. The molecule has 1 heterocycles. The van der Waals surface area contributed by atoms with Crippen LogP contribution in [0.1, 0.15) is 22.3 Å². The molecule has 1 atom stereocenters. The smallest absolute Gasteiger partial charge is 0.437 e. The minimum absolute atomic E-state index is 0.0753. The molecule has 0 spiro atoms. The van der Waals surface area contributed by atoms with Gasteiger partial charge in [-0.15, -0.1) is 0 Å². The van der Waals surface area contributed by atoms with Gasteiger partial charge in [0.2, 0.25) is 5.91 Å². The maximum Gasteiger partial charge on any atom is 0.513 e. The zero-order valence-electron chi connectivity index (χ0n) is 15.8. The Morgan fingerprint density at radius 2 is 1.85 bits per heavy atom. The quantitative estimate of drug-likeness (QED) is 0.663. The number of nitrogens with zero attached hydrogens (tertiary/aromatic N) is 1. The summed E-state index contributed by atoms with van der Waals surface area (Å²) in [5, 5.41) is 0. The molecule has 2 aromatic rings. The van der Waals surface area contributed by atoms with Gasteiger partial charge in [0, 0.05) is 12.2 Å². The van der Waals surface area contributed by atoms with Crippen molar-refractivity contribution in [3.05, 3.63) is 58.7 Å². The summed E-state index contributed by atoms with van der Waals surface area (Å²) in [6, 6.07) is 10.8. The van der Waals surface area contributed by atoms with E-state index in [1.54, 1.807) is 17.0 Å². The Morgan fingerprint density at radius 1 is 1.19 bits per heavy atom. The summed E-state index contributed by atoms with van der Waals surface area (Å²) in [5.74, 6) is 0.336. The van der Waals surface area contributed by atoms with Crippen molar-refractivity contribution in [2.45, 2.75) is 32.7 Å². The predicted molar refractivity (Wildman–Crippen MR) is 103 cm³/mol. The van der Waals surface area contributed by atoms with Crippen LogP contribution in [0.3, 0.4) is 0 Å². The van der Waals surface area contributed by atoms with Gasteiger partial charge in [-0.05, 0) is 67.1 Å². The molecular weight excluding hydrogens is 344 g/mol. The lowest BCUT2D eigenvalue weighted by Gasteiger charge is -2.23. The van der Waals surface area contributed by atoms with E-state index in [9.17, 15) is 9.59 Å². The van der Waals surface area contributed by atoms with Crippen LogP contribution in [0.5, 0.6) is 5.75 Å². The zero-order chi connectivity index (χ0) is 19.6. The maximum absolute atomic E-state index is 12.9. The summed E-state index contributed by atoms with van der Waals surface area (Å²) in [6.07, 6.45) is 0.515. The summed E-state index contributed by atoms with van der Waals surface area (Å²) in [6.45, 7) is 4.49. The van der Waals surface area contributed by atoms with E-state index in [-0.39, 0.29) is 5.91 Å². The standard InChI is InChI=1S/C21H24N2O4/c1-13-10-16(27-21(25)26-3)11-14(2)17(13)12-18(22)20(24)23-9-8-15-6-4-5-7-19(15)23/h4-7,10-11,18H,8-9,12,22H2,1-3H3/t18-/m0/s1. The number of aryl methyl sites for hydroxylation is 2. The molecule has 0 saturated carbocycles. The molecule has 6 heteroatoms. The summed E-state index contributed by atoms with van der Waals surface area (Å²) < 4.78 is 9.60. The SMILES string of the molecule is COC(=O)Oc1cc(C)c(C[C@H](N)C(=O)N2CCc3ccccc32)c(C)c1. The normalized spacial score (nSPS) is 13.9. The summed E-state index contributed by atoms with van der Waals surface area (Å²) in [7, 11) is 1.26. The van der Waals surface area contributed by atoms with Crippen molar-refractivity contribution in [1.29, 1.82) is 0 Å². The third-order valence-corrected chi connectivity index (χ3v) is 4.93. The summed E-state index contributed by atoms with van der Waals surface area (Å²) >= 11 is 0. The van der Waals surface area contributed by atoms with Crippen molar-refractivity contribution in [3.8, 4) is 5.75 Å². The molecular formula is C21H24N2O4. The van der Waals surface area contributed by atoms with Crippen molar-refractivity contribution >= 4 is 17.7 Å². The van der Waals surface area contributed by atoms with Crippen LogP contribution in [0.2, 0.25) is 0 Å². The topological polar surface area (TPSA) is 81.9 Å². The third kappa shape index (κ3) is 3.95. The fourth-order valence-electron chi connectivity index (χ4n) is 3.55. The second kappa shape index (κ2) is 7.80. The molecule has 0 fully saturated rings. The average Bonchev–Trinajstić information content (AvgIpc) is 3.07. The van der Waals surface area contributed by atoms with Crippen LogP contribution in [0, 0.1) is 13.8 Å². The highest BCUT2D eigenvalue weighted by molar-refractivity contribution is 5.99. The van der Waals surface area contributed by atoms with Gasteiger partial charge in [0.1, 0.15) is 5.75 Å². The van der Waals surface area contributed by atoms with Crippen LogP contribution in [0.15, 0.2) is 36.4 Å². The predicted octanol–water partition coefficient (Wildman–Crippen LogP) is 2.91. The van der Waals surface area contributed by atoms with Crippen molar-refractivity contribution in [3.63, 3.8) is 0 Å². The van der Waals surface area contributed by atoms with Crippen LogP contribution >= 0.6 is 0 Å². The first kappa shape index (κ1) is 18.9. The van der Waals surface area contributed by atoms with Gasteiger partial charge in [-0.3, -0.25) is 4.79 Å². The number of carbonyl (C=O) groups is 2. The maximum atomic E-state index is 12.9. The second-order valence-corrected chi connectivity index (χ2v) is 6.77. The Balaban J connectivity index is 1.75. The molecule has 0 bridgehead atoms. The van der Waals surface area contributed by atoms with Crippen molar-refractivity contribution < 1.29 is 19.1 Å². The molecule has 27 heavy (non-hydrogen) atoms. The lowest BCUT2D eigenvalue weighted by Crippen LogP contribution is -2.44. The number of rotatable bonds is 4. The number of ether oxygens (including phenoxy) is 2. The van der Waals surface area contributed by atoms with Gasteiger partial charge in [0.25, 0.3) is 0 Å². The first-order chi connectivity index (χ1) is 12.9. The van der Waals surface area contributed by atoms with Crippen molar-refractivity contribution in [1.82, 2.24) is 0 Å². The first-order valence-electron chi connectivity index (χ1n) is 8.91. The third-order valence-electron chi connectivity index (χ3n) is 4.93. The van der Waals surface area contributed by atoms with E-state index in [1.807, 2.05) is 38.1 Å². The molecule has 0 radical (unpaired) electrons. The average molecular weight is 368 g/mol. The minimum atomic E-state index is -0.763. The molecule has 2 aromatic carbocycles. The highest BCUT2D eigenvalue weighted by Gasteiger charge is 2.28. The summed E-state index contributed by atoms with van der Waals surface area (Å²) in [5.41, 5.74) is 11.2. The Kier molecular flexibility index (Phi) is 5.46. The van der Waals surface area contributed by atoms with E-state index in [0.717, 1.165) is 28.8 Å². The number of benzene rings is 2. The molecule has 6 nitrogen and oxygen atoms in total. The molecule has 2 N–H and O–H groups in total. The van der Waals surface area contributed by atoms with E-state index in [0.29, 0.717) is 18.7 Å². The fourth-order valence-corrected chi connectivity index (χ4v) is 3.55. The van der Waals surface area contributed by atoms with Gasteiger partial charge in [0.05, 0.1) is 13.2 Å². The highest BCUT2D eigenvalue weighted by atomic mass is 16.7. The van der Waals surface area contributed by atoms with Crippen molar-refractivity contribution in [2.75, 3.05) is 18.6 Å². The second-order valence-electron chi connectivity index (χ2n) is 6.77. The number of anilines is 1. The Labute approximate surface area is 158 Å². The van der Waals surface area contributed by atoms with Crippen LogP contribution in [0.25, 0.3) is 0 Å². The highest BCUT2D eigenvalue weighted by Crippen LogP contribution is 2.29. The number of nitrogens with two attached hydrogens (primary N) is 1. The minimum Gasteiger partial charge on any atom is -0.437 e. The van der Waals surface area contributed by atoms with Crippen LogP contribution in [-0.4, -0.2) is 31.8 Å². The van der Waals surface area contributed by atoms with Gasteiger partial charge in [-0.25, -0.2) is 4.79 Å². The van der Waals surface area contributed by atoms with Crippen LogP contribution < -0.4 is 15.4 Å². The number of hydrogen-bond donors (Lipinski definition) is 1. The number of amides is 1. The molecule has 3 rings (SSSR count). The molecule has 1 aliphatic heterocycles. The van der Waals surface area contributed by atoms with Gasteiger partial charge in [-0.1, -0.05) is 18.2 Å². The number of fused-ring (bicyclic) bond motifs is 1. The van der Waals surface area contributed by atoms with E-state index < -0.39 is 12.2 Å². The monoisotopic (exact) mass is 368 g/mol. The Hall–Kier alpha value is -2.86. The number of carbonyl (C=O) groups excluding carboxylic acids is 2. The number of methoxy groups -OCH3 is 1. The van der Waals surface area contributed by atoms with E-state index in [2.05, 4.69) is 4.74 Å². The van der Waals surface area contributed by atoms with Crippen LogP contribution in [-0.2, 0) is 22.4 Å². The molecule has 1 aliphatic rings. The Morgan fingerprint density at radius 3 is 2.52 bits per heavy atom. The van der Waals surface area contributed by atoms with E-state index in [1.165, 1.54) is 12.7 Å². The fraction of sp³-hybridized carbons (Fsp3) is 0.333. The zero-order valence-corrected chi connectivity index (χ0v) is 15.8. The molecule has 0 aromatic heterocycles. The first-order valence-corrected chi connectivity index (χ1v) is 8.91. The van der Waals surface area contributed by atoms with E-state index in [4.69, 9.17) is 10.5 Å². The number of hydrogen-bond acceptors (Lipinski definition) is 5. The largest absolute Gasteiger partial charge is 0.513 e. The lowest BCUT2D eigenvalue weighted by molar-refractivity contribution is -0.119. The van der Waals surface area contributed by atoms with Gasteiger partial charge in [0.15, 0.2) is 0 Å². The lowest BCUT2D eigenvalue weighted by atomic mass is 9.95. The molecule has 142 valence electrons. The number of para-hydroxylation sites is 1. The van der Waals surface area contributed by atoms with Gasteiger partial charge < -0.3 is 20.1 Å².